The molecular formula is C36H45O9S+. The zero-order valence-corrected chi connectivity index (χ0v) is 29.1. The minimum Gasteiger partial charge on any atom is -0.460 e. The van der Waals surface area contributed by atoms with Crippen LogP contribution >= 0.6 is 0 Å². The van der Waals surface area contributed by atoms with Crippen molar-refractivity contribution in [2.75, 3.05) is 0 Å². The first-order valence-electron chi connectivity index (χ1n) is 15.3. The van der Waals surface area contributed by atoms with Crippen LogP contribution in [-0.4, -0.2) is 52.1 Å². The minimum atomic E-state index is -1.35. The summed E-state index contributed by atoms with van der Waals surface area (Å²) in [6, 6.07) is 0. The lowest BCUT2D eigenvalue weighted by atomic mass is 10.0. The van der Waals surface area contributed by atoms with Crippen molar-refractivity contribution in [2.45, 2.75) is 118 Å². The van der Waals surface area contributed by atoms with Crippen LogP contribution in [0.15, 0.2) is 67.9 Å². The summed E-state index contributed by atoms with van der Waals surface area (Å²) in [5.41, 5.74) is -0.304. The van der Waals surface area contributed by atoms with Crippen molar-refractivity contribution in [1.82, 2.24) is 0 Å². The second kappa shape index (κ2) is 14.3. The molecule has 0 aromatic heterocycles. The maximum Gasteiger partial charge on any atom is 0.310 e. The van der Waals surface area contributed by atoms with Gasteiger partial charge in [-0.3, -0.25) is 28.8 Å². The van der Waals surface area contributed by atoms with E-state index in [0.29, 0.717) is 16.7 Å². The average molecular weight is 654 g/mol. The Hall–Kier alpha value is -3.79. The molecule has 3 rings (SSSR count). The first-order valence-corrected chi connectivity index (χ1v) is 16.5. The van der Waals surface area contributed by atoms with Gasteiger partial charge in [-0.15, -0.1) is 0 Å². The Balaban J connectivity index is 2.00. The van der Waals surface area contributed by atoms with E-state index in [1.165, 1.54) is 0 Å². The summed E-state index contributed by atoms with van der Waals surface area (Å²) in [5, 5.41) is 0. The summed E-state index contributed by atoms with van der Waals surface area (Å²) in [6.07, 6.45) is 9.42. The Labute approximate surface area is 274 Å². The molecule has 0 N–H and O–H groups in total. The highest BCUT2D eigenvalue weighted by Gasteiger charge is 2.47. The van der Waals surface area contributed by atoms with E-state index in [9.17, 15) is 28.8 Å². The van der Waals surface area contributed by atoms with Crippen LogP contribution in [-0.2, 0) is 53.9 Å². The molecule has 0 spiro atoms. The predicted octanol–water partition coefficient (Wildman–Crippen LogP) is 6.15. The molecule has 10 heteroatoms. The lowest BCUT2D eigenvalue weighted by Gasteiger charge is -2.22. The molecular weight excluding hydrogens is 608 g/mol. The molecule has 46 heavy (non-hydrogen) atoms. The minimum absolute atomic E-state index is 0.0582. The van der Waals surface area contributed by atoms with Crippen LogP contribution in [0.2, 0.25) is 0 Å². The number of ketones is 3. The number of ether oxygens (including phenoxy) is 3. The average Bonchev–Trinajstić information content (AvgIpc) is 2.84. The molecule has 0 saturated heterocycles. The fourth-order valence-corrected chi connectivity index (χ4v) is 7.09. The normalized spacial score (nSPS) is 17.7. The molecule has 0 aromatic rings. The Morgan fingerprint density at radius 1 is 0.500 bits per heavy atom. The van der Waals surface area contributed by atoms with Gasteiger partial charge in [-0.05, 0) is 80.5 Å². The van der Waals surface area contributed by atoms with E-state index in [1.54, 1.807) is 98.8 Å². The van der Waals surface area contributed by atoms with Gasteiger partial charge >= 0.3 is 17.9 Å². The van der Waals surface area contributed by atoms with E-state index in [-0.39, 0.29) is 70.6 Å². The lowest BCUT2D eigenvalue weighted by molar-refractivity contribution is -0.155. The van der Waals surface area contributed by atoms with Crippen LogP contribution in [0.25, 0.3) is 0 Å². The van der Waals surface area contributed by atoms with Crippen LogP contribution in [0.4, 0.5) is 0 Å². The number of Topliss-reactive ketones (excluding diaryl/α,β-unsaturated/α-hetero) is 3. The van der Waals surface area contributed by atoms with Gasteiger partial charge in [-0.1, -0.05) is 34.9 Å². The summed E-state index contributed by atoms with van der Waals surface area (Å²) in [6.45, 7) is 15.9. The van der Waals surface area contributed by atoms with Crippen LogP contribution in [0.5, 0.6) is 0 Å². The Morgan fingerprint density at radius 3 is 0.935 bits per heavy atom. The lowest BCUT2D eigenvalue weighted by Crippen LogP contribution is -2.30. The van der Waals surface area contributed by atoms with Gasteiger partial charge in [0.1, 0.15) is 27.7 Å². The molecule has 3 aliphatic carbocycles. The van der Waals surface area contributed by atoms with Crippen molar-refractivity contribution in [3.8, 4) is 0 Å². The zero-order valence-electron chi connectivity index (χ0n) is 28.3. The number of rotatable bonds is 9. The third-order valence-electron chi connectivity index (χ3n) is 6.43. The molecule has 0 unspecified atom stereocenters. The van der Waals surface area contributed by atoms with Gasteiger partial charge in [0.25, 0.3) is 0 Å². The van der Waals surface area contributed by atoms with Crippen LogP contribution in [0, 0.1) is 0 Å². The van der Waals surface area contributed by atoms with E-state index >= 15 is 0 Å². The maximum atomic E-state index is 13.6. The summed E-state index contributed by atoms with van der Waals surface area (Å²) in [7, 11) is -1.35. The number of carbonyl (C=O) groups excluding carboxylic acids is 6. The summed E-state index contributed by atoms with van der Waals surface area (Å²) >= 11 is 0. The Morgan fingerprint density at radius 2 is 0.739 bits per heavy atom. The van der Waals surface area contributed by atoms with Crippen LogP contribution in [0.3, 0.4) is 0 Å². The quantitative estimate of drug-likeness (QED) is 0.163. The third-order valence-corrected chi connectivity index (χ3v) is 8.84. The second-order valence-electron chi connectivity index (χ2n) is 14.5. The number of allylic oxidation sites excluding steroid dienone is 9. The second-order valence-corrected chi connectivity index (χ2v) is 16.4. The number of hydrogen-bond donors (Lipinski definition) is 0. The SMILES string of the molecule is CC(C)(C)OC(=O)CC1=CC=C([S+](C2=CC=C(CC(=O)OC(C)(C)C)CC2=O)C2=CC=C(CC(=O)OC(C)(C)C)CC2=O)C(=O)C1. The Kier molecular flexibility index (Phi) is 11.4. The van der Waals surface area contributed by atoms with Crippen molar-refractivity contribution in [3.63, 3.8) is 0 Å². The largest absolute Gasteiger partial charge is 0.460 e. The first-order chi connectivity index (χ1) is 21.1. The predicted molar refractivity (Wildman–Crippen MR) is 176 cm³/mol. The molecule has 0 atom stereocenters. The highest BCUT2D eigenvalue weighted by molar-refractivity contribution is 8.10. The zero-order chi connectivity index (χ0) is 34.6. The van der Waals surface area contributed by atoms with Crippen molar-refractivity contribution in [1.29, 1.82) is 0 Å². The van der Waals surface area contributed by atoms with Gasteiger partial charge in [0, 0.05) is 19.3 Å². The molecule has 0 aromatic carbocycles. The van der Waals surface area contributed by atoms with Gasteiger partial charge in [-0.25, -0.2) is 0 Å². The molecule has 3 aliphatic rings. The van der Waals surface area contributed by atoms with E-state index in [2.05, 4.69) is 0 Å². The monoisotopic (exact) mass is 653 g/mol. The van der Waals surface area contributed by atoms with E-state index in [1.807, 2.05) is 0 Å². The van der Waals surface area contributed by atoms with Crippen LogP contribution < -0.4 is 0 Å². The van der Waals surface area contributed by atoms with Crippen molar-refractivity contribution in [3.05, 3.63) is 67.9 Å². The standard InChI is InChI=1S/C36H45O9S/c1-34(2,3)43-31(40)19-22-10-13-28(25(37)16-22)46(29-14-11-23(17-26(29)38)20-32(41)44-35(4,5)6)30-15-12-24(18-27(30)39)21-33(42)45-36(7,8)9/h10-15H,16-21H2,1-9H3/q+1. The summed E-state index contributed by atoms with van der Waals surface area (Å²) < 4.78 is 16.2. The van der Waals surface area contributed by atoms with Gasteiger partial charge in [0.05, 0.1) is 19.3 Å². The first kappa shape index (κ1) is 36.7. The molecule has 0 fully saturated rings. The molecule has 248 valence electrons. The van der Waals surface area contributed by atoms with Crippen molar-refractivity contribution >= 4 is 46.2 Å². The van der Waals surface area contributed by atoms with Gasteiger partial charge in [-0.2, -0.15) is 0 Å². The van der Waals surface area contributed by atoms with E-state index in [0.717, 1.165) is 0 Å². The molecule has 0 heterocycles. The van der Waals surface area contributed by atoms with E-state index in [4.69, 9.17) is 14.2 Å². The molecule has 0 bridgehead atoms. The van der Waals surface area contributed by atoms with Crippen LogP contribution in [0.1, 0.15) is 101 Å². The highest BCUT2D eigenvalue weighted by Crippen LogP contribution is 2.39. The molecule has 9 nitrogen and oxygen atoms in total. The molecule has 0 aliphatic heterocycles. The highest BCUT2D eigenvalue weighted by atomic mass is 32.2. The van der Waals surface area contributed by atoms with Gasteiger partial charge in [0.15, 0.2) is 0 Å². The van der Waals surface area contributed by atoms with Gasteiger partial charge < -0.3 is 14.2 Å². The molecule has 0 saturated carbocycles. The fraction of sp³-hybridized carbons (Fsp3) is 0.500. The van der Waals surface area contributed by atoms with Crippen molar-refractivity contribution < 1.29 is 43.0 Å². The number of carbonyl (C=O) groups is 6. The smallest absolute Gasteiger partial charge is 0.310 e. The number of esters is 3. The summed E-state index contributed by atoms with van der Waals surface area (Å²) in [5.74, 6) is -2.29. The van der Waals surface area contributed by atoms with Gasteiger partial charge in [0.2, 0.25) is 32.1 Å². The van der Waals surface area contributed by atoms with Crippen molar-refractivity contribution in [2.24, 2.45) is 0 Å². The Bertz CT molecular complexity index is 1330. The third kappa shape index (κ3) is 11.2. The fourth-order valence-electron chi connectivity index (χ4n) is 4.87. The topological polar surface area (TPSA) is 130 Å². The number of hydrogen-bond acceptors (Lipinski definition) is 9. The summed E-state index contributed by atoms with van der Waals surface area (Å²) in [4.78, 5) is 78.9. The molecule has 0 amide bonds. The maximum absolute atomic E-state index is 13.6. The van der Waals surface area contributed by atoms with E-state index < -0.39 is 45.6 Å². The molecule has 0 radical (unpaired) electrons.